The molecule has 1 heterocycles. The van der Waals surface area contributed by atoms with Crippen LogP contribution >= 0.6 is 22.9 Å². The molecule has 1 N–H and O–H groups in total. The summed E-state index contributed by atoms with van der Waals surface area (Å²) in [5.41, 5.74) is -0.0586. The normalized spacial score (nSPS) is 11.4. The number of hydrogen-bond donors (Lipinski definition) is 1. The minimum Gasteiger partial charge on any atom is -0.319 e. The number of carbonyl (C=O) groups is 1. The third kappa shape index (κ3) is 3.89. The molecule has 1 aromatic heterocycles. The summed E-state index contributed by atoms with van der Waals surface area (Å²) in [4.78, 5) is 17.5. The van der Waals surface area contributed by atoms with Gasteiger partial charge in [0.15, 0.2) is 0 Å². The van der Waals surface area contributed by atoms with Crippen LogP contribution in [-0.4, -0.2) is 10.9 Å². The summed E-state index contributed by atoms with van der Waals surface area (Å²) in [5.74, 6) is -0.616. The summed E-state index contributed by atoms with van der Waals surface area (Å²) in [6.07, 6.45) is -4.53. The Balaban J connectivity index is 1.95. The predicted molar refractivity (Wildman–Crippen MR) is 96.7 cm³/mol. The third-order valence-electron chi connectivity index (χ3n) is 3.53. The lowest BCUT2D eigenvalue weighted by atomic mass is 10.1. The fourth-order valence-electron chi connectivity index (χ4n) is 2.35. The summed E-state index contributed by atoms with van der Waals surface area (Å²) >= 11 is 7.27. The van der Waals surface area contributed by atoms with Gasteiger partial charge in [0.1, 0.15) is 5.69 Å². The van der Waals surface area contributed by atoms with Gasteiger partial charge in [0, 0.05) is 0 Å². The Morgan fingerprint density at radius 1 is 1.15 bits per heavy atom. The van der Waals surface area contributed by atoms with Gasteiger partial charge in [0.25, 0.3) is 5.91 Å². The van der Waals surface area contributed by atoms with E-state index in [1.807, 2.05) is 30.3 Å². The number of halogens is 4. The molecule has 3 rings (SSSR count). The summed E-state index contributed by atoms with van der Waals surface area (Å²) in [6.45, 7) is 1.76. The molecule has 0 saturated carbocycles. The second-order valence-corrected chi connectivity index (χ2v) is 7.03. The summed E-state index contributed by atoms with van der Waals surface area (Å²) in [5, 5.41) is 3.12. The monoisotopic (exact) mass is 396 g/mol. The molecule has 0 spiro atoms. The highest BCUT2D eigenvalue weighted by Gasteiger charge is 2.31. The number of amides is 1. The van der Waals surface area contributed by atoms with Gasteiger partial charge in [-0.25, -0.2) is 4.98 Å². The van der Waals surface area contributed by atoms with Crippen LogP contribution in [0.15, 0.2) is 48.5 Å². The van der Waals surface area contributed by atoms with Crippen LogP contribution in [0.4, 0.5) is 18.9 Å². The molecule has 0 aliphatic rings. The number of nitrogens with zero attached hydrogens (tertiary/aromatic N) is 1. The van der Waals surface area contributed by atoms with Crippen molar-refractivity contribution in [1.82, 2.24) is 4.98 Å². The Hall–Kier alpha value is -2.38. The lowest BCUT2D eigenvalue weighted by molar-refractivity contribution is -0.137. The minimum absolute atomic E-state index is 0.0135. The highest BCUT2D eigenvalue weighted by atomic mass is 35.5. The molecule has 3 aromatic rings. The van der Waals surface area contributed by atoms with E-state index in [-0.39, 0.29) is 16.4 Å². The van der Waals surface area contributed by atoms with Crippen LogP contribution in [0.1, 0.15) is 21.1 Å². The number of rotatable bonds is 3. The highest BCUT2D eigenvalue weighted by Crippen LogP contribution is 2.35. The number of aryl methyl sites for hydroxylation is 1. The lowest BCUT2D eigenvalue weighted by Crippen LogP contribution is -2.15. The van der Waals surface area contributed by atoms with Gasteiger partial charge in [-0.1, -0.05) is 41.9 Å². The maximum atomic E-state index is 12.9. The highest BCUT2D eigenvalue weighted by molar-refractivity contribution is 7.15. The van der Waals surface area contributed by atoms with Gasteiger partial charge >= 0.3 is 6.18 Å². The van der Waals surface area contributed by atoms with Crippen LogP contribution in [0.5, 0.6) is 0 Å². The molecule has 0 radical (unpaired) electrons. The molecule has 1 amide bonds. The van der Waals surface area contributed by atoms with Gasteiger partial charge in [-0.2, -0.15) is 13.2 Å². The fourth-order valence-corrected chi connectivity index (χ4v) is 3.43. The van der Waals surface area contributed by atoms with Gasteiger partial charge in [0.2, 0.25) is 0 Å². The number of carbonyl (C=O) groups excluding carboxylic acids is 1. The molecular formula is C18H12ClF3N2OS. The van der Waals surface area contributed by atoms with Crippen molar-refractivity contribution in [2.24, 2.45) is 0 Å². The molecule has 0 bridgehead atoms. The standard InChI is InChI=1S/C18H12ClF3N2OS/c1-10-23-15(16(26-10)11-5-3-2-4-6-11)17(25)24-14-9-12(18(20,21)22)7-8-13(14)19/h2-9H,1H3,(H,24,25). The zero-order valence-electron chi connectivity index (χ0n) is 13.4. The van der Waals surface area contributed by atoms with Crippen molar-refractivity contribution >= 4 is 34.5 Å². The van der Waals surface area contributed by atoms with Gasteiger partial charge in [0.05, 0.1) is 26.2 Å². The fraction of sp³-hybridized carbons (Fsp3) is 0.111. The van der Waals surface area contributed by atoms with Crippen molar-refractivity contribution in [1.29, 1.82) is 0 Å². The zero-order valence-corrected chi connectivity index (χ0v) is 15.0. The first kappa shape index (κ1) is 18.4. The summed E-state index contributed by atoms with van der Waals surface area (Å²) < 4.78 is 38.6. The average Bonchev–Trinajstić information content (AvgIpc) is 2.98. The van der Waals surface area contributed by atoms with Crippen molar-refractivity contribution in [2.75, 3.05) is 5.32 Å². The maximum absolute atomic E-state index is 12.9. The molecule has 0 fully saturated rings. The second-order valence-electron chi connectivity index (χ2n) is 5.42. The molecule has 134 valence electrons. The topological polar surface area (TPSA) is 42.0 Å². The van der Waals surface area contributed by atoms with Crippen LogP contribution in [0.25, 0.3) is 10.4 Å². The number of anilines is 1. The molecule has 3 nitrogen and oxygen atoms in total. The molecule has 8 heteroatoms. The Labute approximate surface area is 156 Å². The van der Waals surface area contributed by atoms with E-state index in [1.165, 1.54) is 11.3 Å². The molecule has 0 atom stereocenters. The first-order valence-electron chi connectivity index (χ1n) is 7.46. The van der Waals surface area contributed by atoms with E-state index >= 15 is 0 Å². The summed E-state index contributed by atoms with van der Waals surface area (Å²) in [6, 6.07) is 11.9. The Bertz CT molecular complexity index is 955. The number of benzene rings is 2. The van der Waals surface area contributed by atoms with Crippen molar-refractivity contribution in [3.05, 3.63) is 69.8 Å². The van der Waals surface area contributed by atoms with E-state index in [1.54, 1.807) is 6.92 Å². The predicted octanol–water partition coefficient (Wildman–Crippen LogP) is 6.04. The second kappa shape index (κ2) is 7.09. The number of hydrogen-bond acceptors (Lipinski definition) is 3. The average molecular weight is 397 g/mol. The molecule has 0 aliphatic heterocycles. The van der Waals surface area contributed by atoms with Gasteiger partial charge in [-0.3, -0.25) is 4.79 Å². The smallest absolute Gasteiger partial charge is 0.319 e. The van der Waals surface area contributed by atoms with E-state index in [4.69, 9.17) is 11.6 Å². The lowest BCUT2D eigenvalue weighted by Gasteiger charge is -2.11. The molecule has 0 saturated heterocycles. The minimum atomic E-state index is -4.53. The Morgan fingerprint density at radius 2 is 1.85 bits per heavy atom. The first-order chi connectivity index (χ1) is 12.3. The number of thiazole rings is 1. The van der Waals surface area contributed by atoms with E-state index in [0.29, 0.717) is 9.88 Å². The number of nitrogens with one attached hydrogen (secondary N) is 1. The van der Waals surface area contributed by atoms with Crippen molar-refractivity contribution in [3.8, 4) is 10.4 Å². The van der Waals surface area contributed by atoms with Gasteiger partial charge in [-0.05, 0) is 30.7 Å². The molecular weight excluding hydrogens is 385 g/mol. The molecule has 0 aliphatic carbocycles. The van der Waals surface area contributed by atoms with Gasteiger partial charge < -0.3 is 5.32 Å². The molecule has 26 heavy (non-hydrogen) atoms. The van der Waals surface area contributed by atoms with Crippen LogP contribution in [0.3, 0.4) is 0 Å². The van der Waals surface area contributed by atoms with Crippen LogP contribution in [0, 0.1) is 6.92 Å². The van der Waals surface area contributed by atoms with Crippen molar-refractivity contribution in [2.45, 2.75) is 13.1 Å². The van der Waals surface area contributed by atoms with Crippen molar-refractivity contribution in [3.63, 3.8) is 0 Å². The zero-order chi connectivity index (χ0) is 18.9. The summed E-state index contributed by atoms with van der Waals surface area (Å²) in [7, 11) is 0. The molecule has 0 unspecified atom stereocenters. The number of alkyl halides is 3. The maximum Gasteiger partial charge on any atom is 0.416 e. The Kier molecular flexibility index (Phi) is 5.02. The first-order valence-corrected chi connectivity index (χ1v) is 8.66. The van der Waals surface area contributed by atoms with Crippen LogP contribution in [-0.2, 0) is 6.18 Å². The van der Waals surface area contributed by atoms with E-state index in [0.717, 1.165) is 23.8 Å². The van der Waals surface area contributed by atoms with E-state index < -0.39 is 17.6 Å². The third-order valence-corrected chi connectivity index (χ3v) is 4.88. The number of aromatic nitrogens is 1. The van der Waals surface area contributed by atoms with Gasteiger partial charge in [-0.15, -0.1) is 11.3 Å². The SMILES string of the molecule is Cc1nc(C(=O)Nc2cc(C(F)(F)F)ccc2Cl)c(-c2ccccc2)s1. The van der Waals surface area contributed by atoms with E-state index in [2.05, 4.69) is 10.3 Å². The Morgan fingerprint density at radius 3 is 2.50 bits per heavy atom. The quantitative estimate of drug-likeness (QED) is 0.586. The largest absolute Gasteiger partial charge is 0.416 e. The van der Waals surface area contributed by atoms with Crippen LogP contribution in [0.2, 0.25) is 5.02 Å². The molecule has 2 aromatic carbocycles. The van der Waals surface area contributed by atoms with E-state index in [9.17, 15) is 18.0 Å². The van der Waals surface area contributed by atoms with Crippen molar-refractivity contribution < 1.29 is 18.0 Å². The van der Waals surface area contributed by atoms with Crippen LogP contribution < -0.4 is 5.32 Å².